The van der Waals surface area contributed by atoms with Crippen LogP contribution in [-0.2, 0) is 6.42 Å². The van der Waals surface area contributed by atoms with Crippen molar-refractivity contribution in [1.82, 2.24) is 15.5 Å². The minimum Gasteiger partial charge on any atom is -0.496 e. The molecule has 0 bridgehead atoms. The van der Waals surface area contributed by atoms with Crippen molar-refractivity contribution in [3.63, 3.8) is 0 Å². The van der Waals surface area contributed by atoms with E-state index in [1.807, 2.05) is 12.1 Å². The largest absolute Gasteiger partial charge is 0.496 e. The van der Waals surface area contributed by atoms with Gasteiger partial charge in [-0.2, -0.15) is 0 Å². The molecule has 0 amide bonds. The van der Waals surface area contributed by atoms with Crippen molar-refractivity contribution < 1.29 is 4.74 Å². The van der Waals surface area contributed by atoms with E-state index in [0.29, 0.717) is 5.92 Å². The summed E-state index contributed by atoms with van der Waals surface area (Å²) in [5.74, 6) is 2.44. The summed E-state index contributed by atoms with van der Waals surface area (Å²) >= 11 is 0. The van der Waals surface area contributed by atoms with Crippen LogP contribution in [0.3, 0.4) is 0 Å². The number of aliphatic imine (C=N–C) groups is 1. The zero-order valence-electron chi connectivity index (χ0n) is 16.5. The molecule has 0 aliphatic carbocycles. The summed E-state index contributed by atoms with van der Waals surface area (Å²) < 4.78 is 5.41. The molecule has 1 heterocycles. The van der Waals surface area contributed by atoms with E-state index in [2.05, 4.69) is 41.5 Å². The molecule has 1 fully saturated rings. The minimum atomic E-state index is 0. The van der Waals surface area contributed by atoms with Crippen LogP contribution in [0.5, 0.6) is 5.75 Å². The Labute approximate surface area is 176 Å². The molecule has 26 heavy (non-hydrogen) atoms. The number of para-hydroxylation sites is 1. The third kappa shape index (κ3) is 8.12. The van der Waals surface area contributed by atoms with Gasteiger partial charge in [0.2, 0.25) is 0 Å². The van der Waals surface area contributed by atoms with Gasteiger partial charge < -0.3 is 20.3 Å². The number of hydrogen-bond donors (Lipinski definition) is 2. The fraction of sp³-hybridized carbons (Fsp3) is 0.650. The van der Waals surface area contributed by atoms with Crippen LogP contribution in [0, 0.1) is 5.92 Å². The second kappa shape index (κ2) is 13.2. The van der Waals surface area contributed by atoms with E-state index in [1.54, 1.807) is 7.11 Å². The number of benzene rings is 1. The third-order valence-electron chi connectivity index (χ3n) is 4.55. The Bertz CT molecular complexity index is 532. The van der Waals surface area contributed by atoms with Gasteiger partial charge in [0.15, 0.2) is 5.96 Å². The smallest absolute Gasteiger partial charge is 0.191 e. The van der Waals surface area contributed by atoms with Crippen molar-refractivity contribution in [2.24, 2.45) is 10.9 Å². The van der Waals surface area contributed by atoms with E-state index in [4.69, 9.17) is 9.73 Å². The Hall–Kier alpha value is -1.02. The summed E-state index contributed by atoms with van der Waals surface area (Å²) in [6, 6.07) is 8.18. The Morgan fingerprint density at radius 1 is 1.23 bits per heavy atom. The maximum Gasteiger partial charge on any atom is 0.191 e. The van der Waals surface area contributed by atoms with Gasteiger partial charge in [-0.3, -0.25) is 4.99 Å². The number of likely N-dealkylation sites (tertiary alicyclic amines) is 1. The van der Waals surface area contributed by atoms with Crippen molar-refractivity contribution in [3.05, 3.63) is 29.8 Å². The summed E-state index contributed by atoms with van der Waals surface area (Å²) in [5.41, 5.74) is 1.22. The number of halogens is 1. The zero-order valence-corrected chi connectivity index (χ0v) is 18.8. The SMILES string of the molecule is CCNC(=NCC(C)CN1CCCC1)NCCc1ccccc1OC.I. The Kier molecular flexibility index (Phi) is 11.7. The first kappa shape index (κ1) is 23.0. The van der Waals surface area contributed by atoms with Gasteiger partial charge in [-0.05, 0) is 56.8 Å². The van der Waals surface area contributed by atoms with Gasteiger partial charge in [0.05, 0.1) is 7.11 Å². The molecule has 0 aromatic heterocycles. The first-order valence-electron chi connectivity index (χ1n) is 9.59. The molecule has 148 valence electrons. The topological polar surface area (TPSA) is 48.9 Å². The molecule has 5 nitrogen and oxygen atoms in total. The summed E-state index contributed by atoms with van der Waals surface area (Å²) in [7, 11) is 1.72. The predicted molar refractivity (Wildman–Crippen MR) is 121 cm³/mol. The third-order valence-corrected chi connectivity index (χ3v) is 4.55. The van der Waals surface area contributed by atoms with Gasteiger partial charge in [-0.25, -0.2) is 0 Å². The molecule has 1 saturated heterocycles. The Balaban J connectivity index is 0.00000338. The molecule has 6 heteroatoms. The highest BCUT2D eigenvalue weighted by Gasteiger charge is 2.14. The van der Waals surface area contributed by atoms with E-state index in [-0.39, 0.29) is 24.0 Å². The molecule has 0 saturated carbocycles. The quantitative estimate of drug-likeness (QED) is 0.328. The van der Waals surface area contributed by atoms with Crippen molar-refractivity contribution in [1.29, 1.82) is 0 Å². The molecule has 1 aromatic rings. The van der Waals surface area contributed by atoms with E-state index in [0.717, 1.165) is 44.3 Å². The number of ether oxygens (including phenoxy) is 1. The van der Waals surface area contributed by atoms with Gasteiger partial charge in [-0.15, -0.1) is 24.0 Å². The van der Waals surface area contributed by atoms with E-state index < -0.39 is 0 Å². The van der Waals surface area contributed by atoms with E-state index in [1.165, 1.54) is 31.5 Å². The first-order chi connectivity index (χ1) is 12.2. The number of nitrogens with one attached hydrogen (secondary N) is 2. The van der Waals surface area contributed by atoms with E-state index >= 15 is 0 Å². The number of rotatable bonds is 9. The highest BCUT2D eigenvalue weighted by Crippen LogP contribution is 2.17. The summed E-state index contributed by atoms with van der Waals surface area (Å²) in [6.07, 6.45) is 3.62. The van der Waals surface area contributed by atoms with Gasteiger partial charge in [-0.1, -0.05) is 25.1 Å². The highest BCUT2D eigenvalue weighted by molar-refractivity contribution is 14.0. The lowest BCUT2D eigenvalue weighted by Gasteiger charge is -2.19. The number of nitrogens with zero attached hydrogens (tertiary/aromatic N) is 2. The lowest BCUT2D eigenvalue weighted by atomic mass is 10.1. The fourth-order valence-electron chi connectivity index (χ4n) is 3.28. The van der Waals surface area contributed by atoms with Crippen molar-refractivity contribution in [3.8, 4) is 5.75 Å². The fourth-order valence-corrected chi connectivity index (χ4v) is 3.28. The second-order valence-corrected chi connectivity index (χ2v) is 6.82. The molecule has 2 rings (SSSR count). The molecule has 0 radical (unpaired) electrons. The van der Waals surface area contributed by atoms with Crippen LogP contribution in [0.4, 0.5) is 0 Å². The van der Waals surface area contributed by atoms with Gasteiger partial charge >= 0.3 is 0 Å². The molecule has 2 N–H and O–H groups in total. The van der Waals surface area contributed by atoms with Crippen LogP contribution in [-0.4, -0.2) is 57.2 Å². The van der Waals surface area contributed by atoms with Crippen molar-refractivity contribution in [2.75, 3.05) is 46.4 Å². The van der Waals surface area contributed by atoms with Crippen LogP contribution in [0.2, 0.25) is 0 Å². The first-order valence-corrected chi connectivity index (χ1v) is 9.59. The van der Waals surface area contributed by atoms with E-state index in [9.17, 15) is 0 Å². The summed E-state index contributed by atoms with van der Waals surface area (Å²) in [4.78, 5) is 7.32. The van der Waals surface area contributed by atoms with Crippen LogP contribution in [0.1, 0.15) is 32.3 Å². The highest BCUT2D eigenvalue weighted by atomic mass is 127. The maximum atomic E-state index is 5.41. The molecule has 0 spiro atoms. The molecule has 1 atom stereocenters. The zero-order chi connectivity index (χ0) is 17.9. The number of hydrogen-bond acceptors (Lipinski definition) is 3. The normalized spacial score (nSPS) is 16.0. The lowest BCUT2D eigenvalue weighted by molar-refractivity contribution is 0.291. The molecular formula is C20H35IN4O. The monoisotopic (exact) mass is 474 g/mol. The number of methoxy groups -OCH3 is 1. The molecule has 1 aliphatic rings. The standard InChI is InChI=1S/C20H34N4O.HI/c1-4-21-20(23-15-17(2)16-24-13-7-8-14-24)22-12-11-18-9-5-6-10-19(18)25-3;/h5-6,9-10,17H,4,7-8,11-16H2,1-3H3,(H2,21,22,23);1H. The van der Waals surface area contributed by atoms with Crippen molar-refractivity contribution >= 4 is 29.9 Å². The average molecular weight is 474 g/mol. The second-order valence-electron chi connectivity index (χ2n) is 6.82. The predicted octanol–water partition coefficient (Wildman–Crippen LogP) is 3.14. The average Bonchev–Trinajstić information content (AvgIpc) is 3.13. The minimum absolute atomic E-state index is 0. The maximum absolute atomic E-state index is 5.41. The molecule has 1 aliphatic heterocycles. The van der Waals surface area contributed by atoms with Gasteiger partial charge in [0.1, 0.15) is 5.75 Å². The summed E-state index contributed by atoms with van der Waals surface area (Å²) in [6.45, 7) is 10.6. The van der Waals surface area contributed by atoms with Crippen LogP contribution in [0.25, 0.3) is 0 Å². The molecule has 1 unspecified atom stereocenters. The Morgan fingerprint density at radius 3 is 2.65 bits per heavy atom. The van der Waals surface area contributed by atoms with Crippen LogP contribution < -0.4 is 15.4 Å². The molecule has 1 aromatic carbocycles. The van der Waals surface area contributed by atoms with Crippen molar-refractivity contribution in [2.45, 2.75) is 33.1 Å². The summed E-state index contributed by atoms with van der Waals surface area (Å²) in [5, 5.41) is 6.78. The Morgan fingerprint density at radius 2 is 1.96 bits per heavy atom. The van der Waals surface area contributed by atoms with Crippen LogP contribution >= 0.6 is 24.0 Å². The number of guanidine groups is 1. The van der Waals surface area contributed by atoms with Gasteiger partial charge in [0.25, 0.3) is 0 Å². The van der Waals surface area contributed by atoms with Gasteiger partial charge in [0, 0.05) is 26.2 Å². The lowest BCUT2D eigenvalue weighted by Crippen LogP contribution is -2.39. The van der Waals surface area contributed by atoms with Crippen LogP contribution in [0.15, 0.2) is 29.3 Å². The molecular weight excluding hydrogens is 439 g/mol.